The van der Waals surface area contributed by atoms with Gasteiger partial charge < -0.3 is 14.8 Å². The van der Waals surface area contributed by atoms with Crippen LogP contribution in [0.5, 0.6) is 11.5 Å². The monoisotopic (exact) mass is 565 g/mol. The van der Waals surface area contributed by atoms with Gasteiger partial charge in [-0.15, -0.1) is 0 Å². The highest BCUT2D eigenvalue weighted by molar-refractivity contribution is 14.1. The summed E-state index contributed by atoms with van der Waals surface area (Å²) in [6.45, 7) is 10.8. The minimum Gasteiger partial charge on any atom is -0.490 e. The molecule has 1 unspecified atom stereocenters. The Morgan fingerprint density at radius 2 is 1.82 bits per heavy atom. The first-order chi connectivity index (χ1) is 15.8. The van der Waals surface area contributed by atoms with Gasteiger partial charge in [0.25, 0.3) is 11.8 Å². The van der Waals surface area contributed by atoms with Crippen LogP contribution >= 0.6 is 22.6 Å². The molecular formula is C25H32IN3O4. The number of hydrogen-bond acceptors (Lipinski definition) is 5. The average molecular weight is 565 g/mol. The van der Waals surface area contributed by atoms with Crippen molar-refractivity contribution in [3.63, 3.8) is 0 Å². The molecule has 0 aliphatic heterocycles. The maximum atomic E-state index is 12.7. The molecule has 0 saturated heterocycles. The Hall–Kier alpha value is -2.62. The number of halogens is 1. The molecular weight excluding hydrogens is 533 g/mol. The molecule has 2 rings (SSSR count). The normalized spacial score (nSPS) is 12.0. The smallest absolute Gasteiger partial charge is 0.262 e. The van der Waals surface area contributed by atoms with E-state index in [0.29, 0.717) is 30.3 Å². The highest BCUT2D eigenvalue weighted by Gasteiger charge is 2.24. The van der Waals surface area contributed by atoms with E-state index in [-0.39, 0.29) is 17.7 Å². The fraction of sp³-hybridized carbons (Fsp3) is 0.400. The van der Waals surface area contributed by atoms with E-state index < -0.39 is 6.04 Å². The molecule has 0 aliphatic carbocycles. The molecule has 0 bridgehead atoms. The molecule has 2 amide bonds. The van der Waals surface area contributed by atoms with Crippen molar-refractivity contribution in [1.29, 1.82) is 0 Å². The summed E-state index contributed by atoms with van der Waals surface area (Å²) in [7, 11) is 0. The highest BCUT2D eigenvalue weighted by atomic mass is 127. The van der Waals surface area contributed by atoms with Crippen LogP contribution in [0, 0.1) is 16.4 Å². The molecule has 7 nitrogen and oxygen atoms in total. The summed E-state index contributed by atoms with van der Waals surface area (Å²) in [5.74, 6) is 0.543. The summed E-state index contributed by atoms with van der Waals surface area (Å²) in [5.41, 5.74) is 4.87. The van der Waals surface area contributed by atoms with Crippen molar-refractivity contribution in [2.24, 2.45) is 11.0 Å². The summed E-state index contributed by atoms with van der Waals surface area (Å²) >= 11 is 2.19. The third-order valence-electron chi connectivity index (χ3n) is 4.72. The maximum Gasteiger partial charge on any atom is 0.262 e. The number of rotatable bonds is 11. The van der Waals surface area contributed by atoms with Crippen molar-refractivity contribution in [2.45, 2.75) is 47.1 Å². The van der Waals surface area contributed by atoms with Crippen LogP contribution in [0.4, 0.5) is 0 Å². The van der Waals surface area contributed by atoms with Gasteiger partial charge >= 0.3 is 0 Å². The number of nitrogens with zero attached hydrogens (tertiary/aromatic N) is 1. The SMILES string of the molecule is CCCOc1c(I)cc(C=NNC(=O)C(NC(=O)c2ccc(C)cc2)C(C)C)cc1OCC. The predicted octanol–water partition coefficient (Wildman–Crippen LogP) is 4.69. The van der Waals surface area contributed by atoms with E-state index in [0.717, 1.165) is 21.1 Å². The number of hydrazone groups is 1. The quantitative estimate of drug-likeness (QED) is 0.235. The van der Waals surface area contributed by atoms with Crippen LogP contribution in [0.3, 0.4) is 0 Å². The minimum atomic E-state index is -0.722. The summed E-state index contributed by atoms with van der Waals surface area (Å²) in [4.78, 5) is 25.3. The third kappa shape index (κ3) is 8.03. The molecule has 33 heavy (non-hydrogen) atoms. The summed E-state index contributed by atoms with van der Waals surface area (Å²) in [6.07, 6.45) is 2.44. The van der Waals surface area contributed by atoms with Gasteiger partial charge in [-0.2, -0.15) is 5.10 Å². The molecule has 0 spiro atoms. The van der Waals surface area contributed by atoms with Crippen molar-refractivity contribution >= 4 is 40.6 Å². The number of benzene rings is 2. The van der Waals surface area contributed by atoms with Crippen molar-refractivity contribution in [3.05, 3.63) is 56.7 Å². The molecule has 0 aromatic heterocycles. The van der Waals surface area contributed by atoms with Gasteiger partial charge in [-0.1, -0.05) is 38.5 Å². The Labute approximate surface area is 209 Å². The standard InChI is InChI=1S/C25H32IN3O4/c1-6-12-33-23-20(26)13-18(14-21(23)32-7-2)15-27-29-25(31)22(16(3)4)28-24(30)19-10-8-17(5)9-11-19/h8-11,13-16,22H,6-7,12H2,1-5H3,(H,28,30)(H,29,31). The summed E-state index contributed by atoms with van der Waals surface area (Å²) in [6, 6.07) is 10.2. The number of aryl methyl sites for hydroxylation is 1. The van der Waals surface area contributed by atoms with E-state index >= 15 is 0 Å². The third-order valence-corrected chi connectivity index (χ3v) is 5.52. The van der Waals surface area contributed by atoms with Crippen LogP contribution in [0.25, 0.3) is 0 Å². The Kier molecular flexibility index (Phi) is 10.6. The van der Waals surface area contributed by atoms with Crippen LogP contribution in [0.2, 0.25) is 0 Å². The number of carbonyl (C=O) groups is 2. The number of ether oxygens (including phenoxy) is 2. The molecule has 0 heterocycles. The van der Waals surface area contributed by atoms with Crippen LogP contribution < -0.4 is 20.2 Å². The Bertz CT molecular complexity index is 974. The van der Waals surface area contributed by atoms with Gasteiger partial charge in [-0.05, 0) is 78.6 Å². The highest BCUT2D eigenvalue weighted by Crippen LogP contribution is 2.34. The lowest BCUT2D eigenvalue weighted by molar-refractivity contribution is -0.123. The first kappa shape index (κ1) is 26.6. The first-order valence-corrected chi connectivity index (χ1v) is 12.1. The van der Waals surface area contributed by atoms with Crippen LogP contribution in [0.15, 0.2) is 41.5 Å². The van der Waals surface area contributed by atoms with E-state index in [1.807, 2.05) is 58.9 Å². The van der Waals surface area contributed by atoms with Crippen LogP contribution in [-0.2, 0) is 4.79 Å². The Morgan fingerprint density at radius 1 is 1.12 bits per heavy atom. The lowest BCUT2D eigenvalue weighted by Gasteiger charge is -2.20. The second-order valence-corrected chi connectivity index (χ2v) is 9.07. The summed E-state index contributed by atoms with van der Waals surface area (Å²) in [5, 5.41) is 6.90. The number of nitrogens with one attached hydrogen (secondary N) is 2. The lowest BCUT2D eigenvalue weighted by Crippen LogP contribution is -2.48. The van der Waals surface area contributed by atoms with Gasteiger partial charge in [-0.3, -0.25) is 9.59 Å². The number of amides is 2. The van der Waals surface area contributed by atoms with Crippen molar-refractivity contribution in [1.82, 2.24) is 10.7 Å². The second kappa shape index (κ2) is 13.2. The van der Waals surface area contributed by atoms with E-state index in [4.69, 9.17) is 9.47 Å². The van der Waals surface area contributed by atoms with Gasteiger partial charge in [0.2, 0.25) is 0 Å². The van der Waals surface area contributed by atoms with Gasteiger partial charge in [0, 0.05) is 5.56 Å². The zero-order chi connectivity index (χ0) is 24.4. The zero-order valence-electron chi connectivity index (χ0n) is 19.8. The van der Waals surface area contributed by atoms with E-state index in [1.54, 1.807) is 18.3 Å². The van der Waals surface area contributed by atoms with Gasteiger partial charge in [0.1, 0.15) is 6.04 Å². The largest absolute Gasteiger partial charge is 0.490 e. The molecule has 1 atom stereocenters. The lowest BCUT2D eigenvalue weighted by atomic mass is 10.0. The Morgan fingerprint density at radius 3 is 2.42 bits per heavy atom. The van der Waals surface area contributed by atoms with Gasteiger partial charge in [-0.25, -0.2) is 5.43 Å². The van der Waals surface area contributed by atoms with Gasteiger partial charge in [0.05, 0.1) is 23.0 Å². The van der Waals surface area contributed by atoms with Crippen LogP contribution in [-0.4, -0.2) is 37.3 Å². The minimum absolute atomic E-state index is 0.116. The van der Waals surface area contributed by atoms with Crippen molar-refractivity contribution < 1.29 is 19.1 Å². The van der Waals surface area contributed by atoms with E-state index in [1.165, 1.54) is 0 Å². The van der Waals surface area contributed by atoms with Crippen molar-refractivity contribution in [2.75, 3.05) is 13.2 Å². The van der Waals surface area contributed by atoms with Crippen molar-refractivity contribution in [3.8, 4) is 11.5 Å². The predicted molar refractivity (Wildman–Crippen MR) is 139 cm³/mol. The fourth-order valence-electron chi connectivity index (χ4n) is 2.97. The average Bonchev–Trinajstić information content (AvgIpc) is 2.77. The maximum absolute atomic E-state index is 12.7. The molecule has 178 valence electrons. The molecule has 2 aromatic rings. The zero-order valence-corrected chi connectivity index (χ0v) is 21.9. The number of carbonyl (C=O) groups excluding carboxylic acids is 2. The molecule has 0 radical (unpaired) electrons. The topological polar surface area (TPSA) is 89.0 Å². The van der Waals surface area contributed by atoms with E-state index in [9.17, 15) is 9.59 Å². The summed E-state index contributed by atoms with van der Waals surface area (Å²) < 4.78 is 12.4. The Balaban J connectivity index is 2.09. The second-order valence-electron chi connectivity index (χ2n) is 7.91. The molecule has 2 aromatic carbocycles. The molecule has 8 heteroatoms. The fourth-order valence-corrected chi connectivity index (χ4v) is 3.76. The molecule has 0 saturated carbocycles. The molecule has 2 N–H and O–H groups in total. The molecule has 0 fully saturated rings. The first-order valence-electron chi connectivity index (χ1n) is 11.1. The van der Waals surface area contributed by atoms with Crippen LogP contribution in [0.1, 0.15) is 55.6 Å². The van der Waals surface area contributed by atoms with Gasteiger partial charge in [0.15, 0.2) is 11.5 Å². The number of hydrogen-bond donors (Lipinski definition) is 2. The molecule has 0 aliphatic rings. The van der Waals surface area contributed by atoms with E-state index in [2.05, 4.69) is 38.4 Å².